The summed E-state index contributed by atoms with van der Waals surface area (Å²) in [5.74, 6) is -1.71. The van der Waals surface area contributed by atoms with Crippen molar-refractivity contribution in [1.82, 2.24) is 10.2 Å². The van der Waals surface area contributed by atoms with Crippen molar-refractivity contribution in [2.75, 3.05) is 12.3 Å². The maximum atomic E-state index is 13.5. The molecule has 1 unspecified atom stereocenters. The molecular formula is C14H15FN2O3S. The molecule has 1 N–H and O–H groups in total. The van der Waals surface area contributed by atoms with E-state index >= 15 is 0 Å². The monoisotopic (exact) mass is 310 g/mol. The van der Waals surface area contributed by atoms with E-state index < -0.39 is 23.7 Å². The van der Waals surface area contributed by atoms with Crippen LogP contribution in [0.2, 0.25) is 0 Å². The normalized spacial score (nSPS) is 18.6. The van der Waals surface area contributed by atoms with Gasteiger partial charge in [-0.2, -0.15) is 0 Å². The van der Waals surface area contributed by atoms with Gasteiger partial charge in [0.25, 0.3) is 0 Å². The van der Waals surface area contributed by atoms with E-state index in [1.54, 1.807) is 25.1 Å². The number of hydrogen-bond acceptors (Lipinski definition) is 4. The molecule has 0 bridgehead atoms. The Morgan fingerprint density at radius 1 is 1.43 bits per heavy atom. The molecule has 0 radical (unpaired) electrons. The largest absolute Gasteiger partial charge is 0.321 e. The van der Waals surface area contributed by atoms with Crippen LogP contribution in [0.4, 0.5) is 4.39 Å². The molecule has 1 fully saturated rings. The van der Waals surface area contributed by atoms with Crippen molar-refractivity contribution in [3.05, 3.63) is 30.1 Å². The van der Waals surface area contributed by atoms with Gasteiger partial charge in [-0.1, -0.05) is 19.1 Å². The maximum Gasteiger partial charge on any atom is 0.249 e. The van der Waals surface area contributed by atoms with Crippen molar-refractivity contribution in [2.24, 2.45) is 0 Å². The molecule has 1 aromatic rings. The first kappa shape index (κ1) is 15.5. The lowest BCUT2D eigenvalue weighted by Gasteiger charge is -2.33. The Bertz CT molecular complexity index is 579. The van der Waals surface area contributed by atoms with Crippen LogP contribution in [-0.2, 0) is 14.4 Å². The van der Waals surface area contributed by atoms with E-state index in [0.29, 0.717) is 11.3 Å². The predicted molar refractivity (Wildman–Crippen MR) is 76.1 cm³/mol. The number of nitrogens with zero attached hydrogens (tertiary/aromatic N) is 1. The second kappa shape index (κ2) is 6.71. The third-order valence-corrected chi connectivity index (χ3v) is 4.18. The number of hydrogen-bond donors (Lipinski definition) is 1. The number of nitrogens with one attached hydrogen (secondary N) is 1. The average molecular weight is 310 g/mol. The highest BCUT2D eigenvalue weighted by Crippen LogP contribution is 2.22. The van der Waals surface area contributed by atoms with E-state index in [2.05, 4.69) is 5.32 Å². The number of carbonyl (C=O) groups excluding carboxylic acids is 3. The Kier molecular flexibility index (Phi) is 4.95. The summed E-state index contributed by atoms with van der Waals surface area (Å²) in [6, 6.07) is 5.51. The molecule has 0 spiro atoms. The highest BCUT2D eigenvalue weighted by atomic mass is 32.2. The first-order valence-corrected chi connectivity index (χ1v) is 7.52. The number of benzene rings is 1. The fourth-order valence-corrected chi connectivity index (χ4v) is 2.94. The molecule has 3 amide bonds. The molecule has 5 nitrogen and oxygen atoms in total. The van der Waals surface area contributed by atoms with Gasteiger partial charge >= 0.3 is 0 Å². The number of carbonyl (C=O) groups is 3. The van der Waals surface area contributed by atoms with E-state index in [9.17, 15) is 18.8 Å². The third-order valence-electron chi connectivity index (χ3n) is 3.15. The number of piperazine rings is 1. The van der Waals surface area contributed by atoms with Crippen LogP contribution in [0.3, 0.4) is 0 Å². The van der Waals surface area contributed by atoms with Gasteiger partial charge in [0.2, 0.25) is 17.7 Å². The third kappa shape index (κ3) is 3.60. The van der Waals surface area contributed by atoms with Crippen molar-refractivity contribution in [3.8, 4) is 0 Å². The number of thioether (sulfide) groups is 1. The average Bonchev–Trinajstić information content (AvgIpc) is 2.45. The Morgan fingerprint density at radius 2 is 2.14 bits per heavy atom. The van der Waals surface area contributed by atoms with Crippen LogP contribution < -0.4 is 5.32 Å². The Labute approximate surface area is 125 Å². The highest BCUT2D eigenvalue weighted by molar-refractivity contribution is 8.00. The summed E-state index contributed by atoms with van der Waals surface area (Å²) in [5, 5.41) is 2.21. The van der Waals surface area contributed by atoms with Crippen LogP contribution in [0.25, 0.3) is 0 Å². The Morgan fingerprint density at radius 3 is 2.81 bits per heavy atom. The number of imide groups is 1. The van der Waals surface area contributed by atoms with Gasteiger partial charge in [-0.3, -0.25) is 19.7 Å². The smallest absolute Gasteiger partial charge is 0.249 e. The summed E-state index contributed by atoms with van der Waals surface area (Å²) >= 11 is 1.05. The first-order valence-electron chi connectivity index (χ1n) is 6.53. The molecule has 1 aliphatic rings. The van der Waals surface area contributed by atoms with Crippen molar-refractivity contribution in [2.45, 2.75) is 24.3 Å². The van der Waals surface area contributed by atoms with E-state index in [4.69, 9.17) is 0 Å². The van der Waals surface area contributed by atoms with E-state index in [-0.39, 0.29) is 18.2 Å². The summed E-state index contributed by atoms with van der Waals surface area (Å²) in [6.45, 7) is 1.63. The van der Waals surface area contributed by atoms with Crippen molar-refractivity contribution < 1.29 is 18.8 Å². The number of halogens is 1. The summed E-state index contributed by atoms with van der Waals surface area (Å²) in [4.78, 5) is 36.9. The molecule has 0 aromatic heterocycles. The second-order valence-corrected chi connectivity index (χ2v) is 5.59. The molecule has 1 aliphatic heterocycles. The van der Waals surface area contributed by atoms with Crippen LogP contribution in [0.1, 0.15) is 13.3 Å². The maximum absolute atomic E-state index is 13.5. The highest BCUT2D eigenvalue weighted by Gasteiger charge is 2.35. The lowest BCUT2D eigenvalue weighted by Crippen LogP contribution is -2.59. The number of rotatable bonds is 4. The lowest BCUT2D eigenvalue weighted by atomic mass is 10.1. The quantitative estimate of drug-likeness (QED) is 0.670. The first-order chi connectivity index (χ1) is 10.0. The molecule has 1 aromatic carbocycles. The van der Waals surface area contributed by atoms with Crippen LogP contribution in [0.15, 0.2) is 29.2 Å². The molecule has 2 rings (SSSR count). The SMILES string of the molecule is CCC1C(=O)NC(=O)CN1C(=O)CSc1ccccc1F. The van der Waals surface area contributed by atoms with Gasteiger partial charge in [-0.15, -0.1) is 11.8 Å². The van der Waals surface area contributed by atoms with Gasteiger partial charge in [0.15, 0.2) is 0 Å². The molecule has 7 heteroatoms. The van der Waals surface area contributed by atoms with Crippen LogP contribution in [0, 0.1) is 5.82 Å². The zero-order valence-electron chi connectivity index (χ0n) is 11.5. The van der Waals surface area contributed by atoms with Crippen molar-refractivity contribution >= 4 is 29.5 Å². The molecule has 112 valence electrons. The molecule has 0 saturated carbocycles. The fraction of sp³-hybridized carbons (Fsp3) is 0.357. The molecule has 0 aliphatic carbocycles. The van der Waals surface area contributed by atoms with Crippen molar-refractivity contribution in [1.29, 1.82) is 0 Å². The minimum absolute atomic E-state index is 0.0159. The zero-order chi connectivity index (χ0) is 15.4. The van der Waals surface area contributed by atoms with E-state index in [0.717, 1.165) is 11.8 Å². The van der Waals surface area contributed by atoms with Gasteiger partial charge in [0.05, 0.1) is 5.75 Å². The van der Waals surface area contributed by atoms with Gasteiger partial charge in [-0.05, 0) is 18.6 Å². The summed E-state index contributed by atoms with van der Waals surface area (Å²) in [5.41, 5.74) is 0. The predicted octanol–water partition coefficient (Wildman–Crippen LogP) is 1.18. The van der Waals surface area contributed by atoms with E-state index in [1.165, 1.54) is 11.0 Å². The van der Waals surface area contributed by atoms with Crippen LogP contribution in [0.5, 0.6) is 0 Å². The molecule has 1 atom stereocenters. The van der Waals surface area contributed by atoms with Gasteiger partial charge in [-0.25, -0.2) is 4.39 Å². The summed E-state index contributed by atoms with van der Waals surface area (Å²) in [7, 11) is 0. The minimum atomic E-state index is -0.642. The second-order valence-electron chi connectivity index (χ2n) is 4.58. The lowest BCUT2D eigenvalue weighted by molar-refractivity contribution is -0.148. The molecular weight excluding hydrogens is 295 g/mol. The standard InChI is InChI=1S/C14H15FN2O3S/c1-2-10-14(20)16-12(18)7-17(10)13(19)8-21-11-6-4-3-5-9(11)15/h3-6,10H,2,7-8H2,1H3,(H,16,18,20). The summed E-state index contributed by atoms with van der Waals surface area (Å²) in [6.07, 6.45) is 0.426. The van der Waals surface area contributed by atoms with Crippen LogP contribution in [-0.4, -0.2) is 41.0 Å². The molecule has 21 heavy (non-hydrogen) atoms. The fourth-order valence-electron chi connectivity index (χ4n) is 2.12. The summed E-state index contributed by atoms with van der Waals surface area (Å²) < 4.78 is 13.5. The van der Waals surface area contributed by atoms with E-state index in [1.807, 2.05) is 0 Å². The Balaban J connectivity index is 2.03. The van der Waals surface area contributed by atoms with Gasteiger partial charge in [0, 0.05) is 4.90 Å². The molecule has 1 saturated heterocycles. The van der Waals surface area contributed by atoms with Crippen molar-refractivity contribution in [3.63, 3.8) is 0 Å². The zero-order valence-corrected chi connectivity index (χ0v) is 12.3. The number of amides is 3. The van der Waals surface area contributed by atoms with Crippen LogP contribution >= 0.6 is 11.8 Å². The van der Waals surface area contributed by atoms with Gasteiger partial charge < -0.3 is 4.90 Å². The van der Waals surface area contributed by atoms with Gasteiger partial charge in [0.1, 0.15) is 18.4 Å². The Hall–Kier alpha value is -1.89. The molecule has 1 heterocycles. The minimum Gasteiger partial charge on any atom is -0.321 e. The topological polar surface area (TPSA) is 66.5 Å².